The molecule has 0 aromatic carbocycles. The highest BCUT2D eigenvalue weighted by molar-refractivity contribution is 4.74. The summed E-state index contributed by atoms with van der Waals surface area (Å²) in [5, 5.41) is 3.20. The maximum absolute atomic E-state index is 7.34. The minimum atomic E-state index is 0.152. The van der Waals surface area contributed by atoms with Crippen molar-refractivity contribution in [2.24, 2.45) is 5.92 Å². The van der Waals surface area contributed by atoms with Crippen LogP contribution in [-0.2, 0) is 0 Å². The summed E-state index contributed by atoms with van der Waals surface area (Å²) in [7, 11) is 0. The van der Waals surface area contributed by atoms with Crippen LogP contribution in [-0.4, -0.2) is 19.1 Å². The molecule has 47 valence electrons. The van der Waals surface area contributed by atoms with E-state index in [1.807, 2.05) is 0 Å². The van der Waals surface area contributed by atoms with Crippen molar-refractivity contribution in [3.8, 4) is 0 Å². The van der Waals surface area contributed by atoms with E-state index < -0.39 is 0 Å². The Labute approximate surface area is 50.4 Å². The average molecular weight is 113 g/mol. The summed E-state index contributed by atoms with van der Waals surface area (Å²) in [6, 6.07) is 0.152. The van der Waals surface area contributed by atoms with Gasteiger partial charge in [-0.15, -0.1) is 0 Å². The molecule has 8 heavy (non-hydrogen) atoms. The van der Waals surface area contributed by atoms with E-state index in [0.29, 0.717) is 5.92 Å². The van der Waals surface area contributed by atoms with Gasteiger partial charge < -0.3 is 5.32 Å². The normalized spacial score (nSPS) is 39.8. The predicted octanol–water partition coefficient (Wildman–Crippen LogP) is 0.267. The van der Waals surface area contributed by atoms with Gasteiger partial charge in [0, 0.05) is 12.6 Å². The number of rotatable bonds is 0. The molecule has 0 aliphatic carbocycles. The van der Waals surface area contributed by atoms with E-state index in [2.05, 4.69) is 12.2 Å². The molecule has 2 unspecified atom stereocenters. The second-order valence-electron chi connectivity index (χ2n) is 2.70. The lowest BCUT2D eigenvalue weighted by molar-refractivity contribution is 0.358. The molecular formula is C6H13N2. The molecule has 1 heterocycles. The van der Waals surface area contributed by atoms with Gasteiger partial charge in [-0.3, -0.25) is 5.73 Å². The lowest BCUT2D eigenvalue weighted by atomic mass is 9.99. The molecule has 1 radical (unpaired) electrons. The maximum atomic E-state index is 7.34. The van der Waals surface area contributed by atoms with Crippen molar-refractivity contribution in [2.45, 2.75) is 19.4 Å². The van der Waals surface area contributed by atoms with Crippen LogP contribution in [0.4, 0.5) is 0 Å². The lowest BCUT2D eigenvalue weighted by Gasteiger charge is -2.23. The first-order valence-electron chi connectivity index (χ1n) is 3.21. The molecule has 0 aromatic rings. The third-order valence-corrected chi connectivity index (χ3v) is 1.57. The summed E-state index contributed by atoms with van der Waals surface area (Å²) < 4.78 is 0. The van der Waals surface area contributed by atoms with Crippen LogP contribution in [0.15, 0.2) is 0 Å². The van der Waals surface area contributed by atoms with E-state index >= 15 is 0 Å². The summed E-state index contributed by atoms with van der Waals surface area (Å²) >= 11 is 0. The summed E-state index contributed by atoms with van der Waals surface area (Å²) in [6.07, 6.45) is 1.08. The zero-order valence-corrected chi connectivity index (χ0v) is 5.28. The third-order valence-electron chi connectivity index (χ3n) is 1.57. The SMILES string of the molecule is CC1CNCC([NH])C1. The topological polar surface area (TPSA) is 35.8 Å². The van der Waals surface area contributed by atoms with Crippen molar-refractivity contribution in [3.63, 3.8) is 0 Å². The fraction of sp³-hybridized carbons (Fsp3) is 1.00. The first kappa shape index (κ1) is 6.05. The molecule has 1 rings (SSSR count). The van der Waals surface area contributed by atoms with Crippen molar-refractivity contribution in [3.05, 3.63) is 0 Å². The van der Waals surface area contributed by atoms with Crippen LogP contribution in [0.1, 0.15) is 13.3 Å². The molecule has 2 heteroatoms. The fourth-order valence-electron chi connectivity index (χ4n) is 1.16. The first-order chi connectivity index (χ1) is 3.79. The third kappa shape index (κ3) is 1.46. The highest BCUT2D eigenvalue weighted by atomic mass is 14.9. The van der Waals surface area contributed by atoms with Crippen LogP contribution >= 0.6 is 0 Å². The summed E-state index contributed by atoms with van der Waals surface area (Å²) in [4.78, 5) is 0. The zero-order valence-electron chi connectivity index (χ0n) is 5.28. The minimum absolute atomic E-state index is 0.152. The molecule has 2 nitrogen and oxygen atoms in total. The Morgan fingerprint density at radius 1 is 1.50 bits per heavy atom. The number of hydrogen-bond donors (Lipinski definition) is 1. The van der Waals surface area contributed by atoms with Gasteiger partial charge in [-0.1, -0.05) is 6.92 Å². The Morgan fingerprint density at radius 3 is 2.62 bits per heavy atom. The Kier molecular flexibility index (Phi) is 1.86. The van der Waals surface area contributed by atoms with E-state index in [-0.39, 0.29) is 6.04 Å². The first-order valence-corrected chi connectivity index (χ1v) is 3.21. The fourth-order valence-corrected chi connectivity index (χ4v) is 1.16. The van der Waals surface area contributed by atoms with Crippen molar-refractivity contribution in [2.75, 3.05) is 13.1 Å². The van der Waals surface area contributed by atoms with Crippen molar-refractivity contribution < 1.29 is 0 Å². The molecule has 0 bridgehead atoms. The second-order valence-corrected chi connectivity index (χ2v) is 2.70. The smallest absolute Gasteiger partial charge is 0.0340 e. The van der Waals surface area contributed by atoms with Gasteiger partial charge in [0.2, 0.25) is 0 Å². The summed E-state index contributed by atoms with van der Waals surface area (Å²) in [6.45, 7) is 4.19. The lowest BCUT2D eigenvalue weighted by Crippen LogP contribution is -2.38. The number of nitrogens with one attached hydrogen (secondary N) is 2. The molecule has 0 aromatic heterocycles. The quantitative estimate of drug-likeness (QED) is 0.481. The number of hydrogen-bond acceptors (Lipinski definition) is 1. The van der Waals surface area contributed by atoms with Gasteiger partial charge in [-0.2, -0.15) is 0 Å². The summed E-state index contributed by atoms with van der Waals surface area (Å²) in [5.74, 6) is 0.714. The van der Waals surface area contributed by atoms with Gasteiger partial charge in [0.05, 0.1) is 0 Å². The monoisotopic (exact) mass is 113 g/mol. The van der Waals surface area contributed by atoms with Crippen LogP contribution in [0.3, 0.4) is 0 Å². The Hall–Kier alpha value is -0.0800. The zero-order chi connectivity index (χ0) is 5.98. The summed E-state index contributed by atoms with van der Waals surface area (Å²) in [5.41, 5.74) is 7.34. The van der Waals surface area contributed by atoms with Gasteiger partial charge in [-0.25, -0.2) is 0 Å². The Balaban J connectivity index is 2.23. The molecular weight excluding hydrogens is 100 g/mol. The predicted molar refractivity (Wildman–Crippen MR) is 33.5 cm³/mol. The van der Waals surface area contributed by atoms with E-state index in [1.165, 1.54) is 0 Å². The van der Waals surface area contributed by atoms with Crippen LogP contribution in [0.2, 0.25) is 0 Å². The van der Waals surface area contributed by atoms with Gasteiger partial charge in [0.15, 0.2) is 0 Å². The highest BCUT2D eigenvalue weighted by Crippen LogP contribution is 2.07. The number of piperidine rings is 1. The molecule has 0 spiro atoms. The molecule has 0 amide bonds. The van der Waals surface area contributed by atoms with Crippen LogP contribution in [0.5, 0.6) is 0 Å². The average Bonchev–Trinajstić information content (AvgIpc) is 1.64. The Morgan fingerprint density at radius 2 is 2.25 bits per heavy atom. The highest BCUT2D eigenvalue weighted by Gasteiger charge is 2.13. The van der Waals surface area contributed by atoms with E-state index in [0.717, 1.165) is 19.5 Å². The standard InChI is InChI=1S/C6H13N2/c1-5-2-6(7)4-8-3-5/h5-8H,2-4H2,1H3. The van der Waals surface area contributed by atoms with Gasteiger partial charge in [0.25, 0.3) is 0 Å². The van der Waals surface area contributed by atoms with Crippen LogP contribution in [0.25, 0.3) is 0 Å². The van der Waals surface area contributed by atoms with E-state index in [9.17, 15) is 0 Å². The Bertz CT molecular complexity index is 64.9. The largest absolute Gasteiger partial charge is 0.315 e. The van der Waals surface area contributed by atoms with Crippen molar-refractivity contribution in [1.82, 2.24) is 11.1 Å². The van der Waals surface area contributed by atoms with Gasteiger partial charge in [0.1, 0.15) is 0 Å². The van der Waals surface area contributed by atoms with E-state index in [4.69, 9.17) is 5.73 Å². The molecule has 2 N–H and O–H groups in total. The van der Waals surface area contributed by atoms with Crippen LogP contribution in [0, 0.1) is 5.92 Å². The van der Waals surface area contributed by atoms with Crippen molar-refractivity contribution in [1.29, 1.82) is 0 Å². The molecule has 2 atom stereocenters. The van der Waals surface area contributed by atoms with Crippen LogP contribution < -0.4 is 11.1 Å². The molecule has 1 aliphatic heterocycles. The molecule has 0 saturated carbocycles. The van der Waals surface area contributed by atoms with Crippen molar-refractivity contribution >= 4 is 0 Å². The molecule has 1 aliphatic rings. The van der Waals surface area contributed by atoms with Gasteiger partial charge in [-0.05, 0) is 18.9 Å². The maximum Gasteiger partial charge on any atom is 0.0340 e. The van der Waals surface area contributed by atoms with Gasteiger partial charge >= 0.3 is 0 Å². The second kappa shape index (κ2) is 2.46. The minimum Gasteiger partial charge on any atom is -0.315 e. The molecule has 1 fully saturated rings. The molecule has 1 saturated heterocycles. The van der Waals surface area contributed by atoms with E-state index in [1.54, 1.807) is 0 Å².